The first-order chi connectivity index (χ1) is 10.9. The molecule has 0 radical (unpaired) electrons. The van der Waals surface area contributed by atoms with Crippen molar-refractivity contribution in [3.8, 4) is 0 Å². The van der Waals surface area contributed by atoms with Gasteiger partial charge in [0.2, 0.25) is 5.91 Å². The van der Waals surface area contributed by atoms with Gasteiger partial charge in [0.25, 0.3) is 0 Å². The predicted molar refractivity (Wildman–Crippen MR) is 90.0 cm³/mol. The lowest BCUT2D eigenvalue weighted by Crippen LogP contribution is -2.17. The third-order valence-corrected chi connectivity index (χ3v) is 4.08. The first kappa shape index (κ1) is 17.1. The van der Waals surface area contributed by atoms with Crippen molar-refractivity contribution in [2.45, 2.75) is 13.5 Å². The summed E-state index contributed by atoms with van der Waals surface area (Å²) >= 11 is 11.9. The van der Waals surface area contributed by atoms with E-state index in [1.165, 1.54) is 0 Å². The van der Waals surface area contributed by atoms with Gasteiger partial charge < -0.3 is 10.5 Å². The first-order valence-electron chi connectivity index (χ1n) is 6.66. The van der Waals surface area contributed by atoms with Crippen LogP contribution in [0.4, 0.5) is 10.5 Å². The molecule has 0 atom stereocenters. The Balaban J connectivity index is 2.04. The number of halogens is 2. The van der Waals surface area contributed by atoms with Gasteiger partial charge in [-0.25, -0.2) is 4.79 Å². The molecule has 120 valence electrons. The minimum atomic E-state index is -0.675. The summed E-state index contributed by atoms with van der Waals surface area (Å²) in [5.41, 5.74) is 7.21. The highest BCUT2D eigenvalue weighted by atomic mass is 35.5. The molecule has 0 heterocycles. The number of primary amides is 1. The van der Waals surface area contributed by atoms with Crippen molar-refractivity contribution in [1.82, 2.24) is 0 Å². The van der Waals surface area contributed by atoms with E-state index in [-0.39, 0.29) is 6.61 Å². The number of ether oxygens (including phenoxy) is 1. The number of nitrogens with two attached hydrogens (primary N) is 1. The molecule has 0 unspecified atom stereocenters. The Morgan fingerprint density at radius 2 is 1.87 bits per heavy atom. The summed E-state index contributed by atoms with van der Waals surface area (Å²) in [7, 11) is 0. The number of benzene rings is 2. The van der Waals surface area contributed by atoms with E-state index in [1.54, 1.807) is 43.3 Å². The van der Waals surface area contributed by atoms with Crippen molar-refractivity contribution < 1.29 is 14.3 Å². The largest absolute Gasteiger partial charge is 0.444 e. The maximum Gasteiger partial charge on any atom is 0.411 e. The van der Waals surface area contributed by atoms with Crippen molar-refractivity contribution in [2.75, 3.05) is 5.32 Å². The lowest BCUT2D eigenvalue weighted by Gasteiger charge is -2.12. The van der Waals surface area contributed by atoms with Crippen LogP contribution in [0.2, 0.25) is 10.0 Å². The molecular formula is C16H14Cl2N2O3. The Bertz CT molecular complexity index is 763. The Hall–Kier alpha value is -2.24. The molecular weight excluding hydrogens is 339 g/mol. The normalized spacial score (nSPS) is 10.2. The van der Waals surface area contributed by atoms with E-state index in [0.29, 0.717) is 32.4 Å². The highest BCUT2D eigenvalue weighted by molar-refractivity contribution is 6.42. The number of nitrogens with one attached hydrogen (secondary N) is 1. The smallest absolute Gasteiger partial charge is 0.411 e. The predicted octanol–water partition coefficient (Wildman–Crippen LogP) is 4.15. The average molecular weight is 353 g/mol. The van der Waals surface area contributed by atoms with Gasteiger partial charge in [0.1, 0.15) is 6.61 Å². The molecule has 0 bridgehead atoms. The van der Waals surface area contributed by atoms with Crippen molar-refractivity contribution in [3.63, 3.8) is 0 Å². The molecule has 7 heteroatoms. The van der Waals surface area contributed by atoms with E-state index >= 15 is 0 Å². The SMILES string of the molecule is Cc1c(NC(=O)OCc2cccc(Cl)c2Cl)cccc1C(N)=O. The van der Waals surface area contributed by atoms with Gasteiger partial charge >= 0.3 is 6.09 Å². The maximum atomic E-state index is 11.9. The van der Waals surface area contributed by atoms with Crippen molar-refractivity contribution in [1.29, 1.82) is 0 Å². The molecule has 0 aliphatic rings. The van der Waals surface area contributed by atoms with Crippen LogP contribution < -0.4 is 11.1 Å². The van der Waals surface area contributed by atoms with Crippen molar-refractivity contribution in [2.24, 2.45) is 5.73 Å². The van der Waals surface area contributed by atoms with Gasteiger partial charge in [-0.2, -0.15) is 0 Å². The van der Waals surface area contributed by atoms with E-state index in [1.807, 2.05) is 0 Å². The van der Waals surface area contributed by atoms with Crippen LogP contribution in [0.1, 0.15) is 21.5 Å². The summed E-state index contributed by atoms with van der Waals surface area (Å²) < 4.78 is 5.11. The zero-order valence-corrected chi connectivity index (χ0v) is 13.7. The van der Waals surface area contributed by atoms with Crippen LogP contribution >= 0.6 is 23.2 Å². The minimum Gasteiger partial charge on any atom is -0.444 e. The Morgan fingerprint density at radius 1 is 1.17 bits per heavy atom. The third-order valence-electron chi connectivity index (χ3n) is 3.23. The maximum absolute atomic E-state index is 11.9. The molecule has 5 nitrogen and oxygen atoms in total. The van der Waals surface area contributed by atoms with Crippen LogP contribution in [0.25, 0.3) is 0 Å². The van der Waals surface area contributed by atoms with Crippen LogP contribution in [0.5, 0.6) is 0 Å². The second-order valence-electron chi connectivity index (χ2n) is 4.76. The summed E-state index contributed by atoms with van der Waals surface area (Å²) in [6.45, 7) is 1.66. The van der Waals surface area contributed by atoms with Gasteiger partial charge in [-0.3, -0.25) is 10.1 Å². The molecule has 0 spiro atoms. The summed E-state index contributed by atoms with van der Waals surface area (Å²) in [6, 6.07) is 9.92. The zero-order valence-electron chi connectivity index (χ0n) is 12.2. The molecule has 2 aromatic rings. The van der Waals surface area contributed by atoms with E-state index in [2.05, 4.69) is 5.32 Å². The Morgan fingerprint density at radius 3 is 2.57 bits per heavy atom. The number of anilines is 1. The van der Waals surface area contributed by atoms with Crippen LogP contribution in [0, 0.1) is 6.92 Å². The van der Waals surface area contributed by atoms with Gasteiger partial charge in [-0.05, 0) is 30.7 Å². The monoisotopic (exact) mass is 352 g/mol. The van der Waals surface area contributed by atoms with Gasteiger partial charge in [0.05, 0.1) is 10.0 Å². The lowest BCUT2D eigenvalue weighted by atomic mass is 10.1. The van der Waals surface area contributed by atoms with Gasteiger partial charge in [0.15, 0.2) is 0 Å². The number of carbonyl (C=O) groups is 2. The Kier molecular flexibility index (Phi) is 5.47. The number of hydrogen-bond acceptors (Lipinski definition) is 3. The quantitative estimate of drug-likeness (QED) is 0.866. The fourth-order valence-electron chi connectivity index (χ4n) is 1.99. The fraction of sp³-hybridized carbons (Fsp3) is 0.125. The highest BCUT2D eigenvalue weighted by Gasteiger charge is 2.12. The molecule has 2 rings (SSSR count). The molecule has 0 aliphatic heterocycles. The molecule has 2 aromatic carbocycles. The van der Waals surface area contributed by atoms with Gasteiger partial charge in [0, 0.05) is 16.8 Å². The Labute approximate surface area is 143 Å². The van der Waals surface area contributed by atoms with E-state index in [9.17, 15) is 9.59 Å². The molecule has 3 N–H and O–H groups in total. The van der Waals surface area contributed by atoms with Gasteiger partial charge in [-0.15, -0.1) is 0 Å². The molecule has 0 aromatic heterocycles. The van der Waals surface area contributed by atoms with E-state index in [0.717, 1.165) is 0 Å². The molecule has 23 heavy (non-hydrogen) atoms. The standard InChI is InChI=1S/C16H14Cl2N2O3/c1-9-11(15(19)21)5-3-7-13(9)20-16(22)23-8-10-4-2-6-12(17)14(10)18/h2-7H,8H2,1H3,(H2,19,21)(H,20,22). The van der Waals surface area contributed by atoms with Crippen molar-refractivity contribution >= 4 is 40.9 Å². The number of hydrogen-bond donors (Lipinski definition) is 2. The molecule has 2 amide bonds. The average Bonchev–Trinajstić information content (AvgIpc) is 2.50. The summed E-state index contributed by atoms with van der Waals surface area (Å²) in [5, 5.41) is 3.29. The topological polar surface area (TPSA) is 81.4 Å². The first-order valence-corrected chi connectivity index (χ1v) is 7.42. The van der Waals surface area contributed by atoms with Gasteiger partial charge in [-0.1, -0.05) is 41.4 Å². The second kappa shape index (κ2) is 7.35. The molecule has 0 aliphatic carbocycles. The van der Waals surface area contributed by atoms with E-state index < -0.39 is 12.0 Å². The van der Waals surface area contributed by atoms with Crippen LogP contribution in [-0.4, -0.2) is 12.0 Å². The minimum absolute atomic E-state index is 0.0280. The zero-order chi connectivity index (χ0) is 17.0. The summed E-state index contributed by atoms with van der Waals surface area (Å²) in [5.74, 6) is -0.565. The molecule has 0 saturated carbocycles. The fourth-order valence-corrected chi connectivity index (χ4v) is 2.36. The molecule has 0 fully saturated rings. The second-order valence-corrected chi connectivity index (χ2v) is 5.54. The van der Waals surface area contributed by atoms with E-state index in [4.69, 9.17) is 33.7 Å². The van der Waals surface area contributed by atoms with Crippen LogP contribution in [0.15, 0.2) is 36.4 Å². The highest BCUT2D eigenvalue weighted by Crippen LogP contribution is 2.26. The van der Waals surface area contributed by atoms with Crippen molar-refractivity contribution in [3.05, 3.63) is 63.1 Å². The van der Waals surface area contributed by atoms with Crippen LogP contribution in [0.3, 0.4) is 0 Å². The number of rotatable bonds is 4. The van der Waals surface area contributed by atoms with Crippen LogP contribution in [-0.2, 0) is 11.3 Å². The number of amides is 2. The lowest BCUT2D eigenvalue weighted by molar-refractivity contribution is 0.0999. The molecule has 0 saturated heterocycles. The number of carbonyl (C=O) groups excluding carboxylic acids is 2. The summed E-state index contributed by atoms with van der Waals surface area (Å²) in [6.07, 6.45) is -0.675. The summed E-state index contributed by atoms with van der Waals surface area (Å²) in [4.78, 5) is 23.2. The third kappa shape index (κ3) is 4.15.